The third-order valence-electron chi connectivity index (χ3n) is 6.23. The quantitative estimate of drug-likeness (QED) is 0.440. The molecule has 0 aliphatic carbocycles. The van der Waals surface area contributed by atoms with E-state index in [1.54, 1.807) is 27.8 Å². The lowest BCUT2D eigenvalue weighted by Gasteiger charge is -2.23. The molecule has 0 saturated carbocycles. The lowest BCUT2D eigenvalue weighted by molar-refractivity contribution is -0.00177. The van der Waals surface area contributed by atoms with Gasteiger partial charge in [0.25, 0.3) is 5.91 Å². The van der Waals surface area contributed by atoms with Gasteiger partial charge in [0.15, 0.2) is 0 Å². The highest BCUT2D eigenvalue weighted by molar-refractivity contribution is 5.99. The van der Waals surface area contributed by atoms with Crippen molar-refractivity contribution in [3.63, 3.8) is 0 Å². The molecule has 0 bridgehead atoms. The number of aromatic nitrogens is 3. The number of halogens is 1. The standard InChI is InChI=1S/C25H28FN7O4/c1-25(2,36)20(26)13-30-23(34)18-12-28-21(33-7-4-16-8-15(10-27)11-29-22(16)33)9-19(18)31-17-5-6-32(14-17)24(35)37-3/h4,7-9,11-12,17,20,36H,5-6,13-14H2,1-3H3,(H,28,31)(H,30,34)/t17-,20-/m1/s1. The van der Waals surface area contributed by atoms with Crippen molar-refractivity contribution in [2.45, 2.75) is 38.1 Å². The van der Waals surface area contributed by atoms with E-state index in [-0.39, 0.29) is 18.2 Å². The number of pyridine rings is 2. The third kappa shape index (κ3) is 5.62. The topological polar surface area (TPSA) is 145 Å². The van der Waals surface area contributed by atoms with Crippen LogP contribution < -0.4 is 10.6 Å². The molecule has 12 heteroatoms. The van der Waals surface area contributed by atoms with Gasteiger partial charge in [-0.25, -0.2) is 19.2 Å². The molecule has 3 aromatic rings. The van der Waals surface area contributed by atoms with E-state index in [0.717, 1.165) is 5.39 Å². The summed E-state index contributed by atoms with van der Waals surface area (Å²) in [5.41, 5.74) is 0.0257. The fourth-order valence-corrected chi connectivity index (χ4v) is 4.07. The van der Waals surface area contributed by atoms with Crippen LogP contribution in [-0.4, -0.2) is 81.1 Å². The van der Waals surface area contributed by atoms with Crippen LogP contribution in [0.3, 0.4) is 0 Å². The number of hydrogen-bond acceptors (Lipinski definition) is 8. The van der Waals surface area contributed by atoms with Crippen LogP contribution in [0.2, 0.25) is 0 Å². The van der Waals surface area contributed by atoms with Crippen molar-refractivity contribution in [2.24, 2.45) is 0 Å². The zero-order valence-corrected chi connectivity index (χ0v) is 20.7. The first-order valence-electron chi connectivity index (χ1n) is 11.7. The van der Waals surface area contributed by atoms with Gasteiger partial charge in [-0.1, -0.05) is 0 Å². The van der Waals surface area contributed by atoms with Crippen molar-refractivity contribution < 1.29 is 23.8 Å². The molecule has 3 aromatic heterocycles. The van der Waals surface area contributed by atoms with Crippen molar-refractivity contribution in [3.8, 4) is 11.9 Å². The Kier molecular flexibility index (Phi) is 7.26. The highest BCUT2D eigenvalue weighted by Gasteiger charge is 2.29. The van der Waals surface area contributed by atoms with Crippen molar-refractivity contribution >= 4 is 28.7 Å². The number of anilines is 1. The van der Waals surface area contributed by atoms with Gasteiger partial charge in [-0.05, 0) is 32.4 Å². The van der Waals surface area contributed by atoms with Gasteiger partial charge < -0.3 is 25.4 Å². The van der Waals surface area contributed by atoms with Crippen molar-refractivity contribution in [2.75, 3.05) is 32.1 Å². The molecule has 2 atom stereocenters. The van der Waals surface area contributed by atoms with E-state index in [1.807, 2.05) is 6.07 Å². The first-order valence-corrected chi connectivity index (χ1v) is 11.7. The van der Waals surface area contributed by atoms with Crippen LogP contribution >= 0.6 is 0 Å². The molecular formula is C25H28FN7O4. The normalized spacial score (nSPS) is 16.3. The summed E-state index contributed by atoms with van der Waals surface area (Å²) < 4.78 is 20.8. The van der Waals surface area contributed by atoms with E-state index in [1.165, 1.54) is 33.4 Å². The van der Waals surface area contributed by atoms with Crippen molar-refractivity contribution in [1.29, 1.82) is 5.26 Å². The average Bonchev–Trinajstić information content (AvgIpc) is 3.52. The maximum atomic E-state index is 14.2. The Labute approximate surface area is 212 Å². The van der Waals surface area contributed by atoms with Gasteiger partial charge in [0.2, 0.25) is 0 Å². The molecule has 4 rings (SSSR count). The van der Waals surface area contributed by atoms with E-state index >= 15 is 0 Å². The van der Waals surface area contributed by atoms with Gasteiger partial charge in [-0.3, -0.25) is 9.36 Å². The summed E-state index contributed by atoms with van der Waals surface area (Å²) in [6, 6.07) is 7.10. The zero-order chi connectivity index (χ0) is 26.7. The number of carbonyl (C=O) groups excluding carboxylic acids is 2. The Bertz CT molecular complexity index is 1360. The molecule has 0 spiro atoms. The van der Waals surface area contributed by atoms with Crippen LogP contribution in [0.25, 0.3) is 16.9 Å². The van der Waals surface area contributed by atoms with E-state index in [9.17, 15) is 19.1 Å². The lowest BCUT2D eigenvalue weighted by atomic mass is 10.0. The Morgan fingerprint density at radius 1 is 1.35 bits per heavy atom. The van der Waals surface area contributed by atoms with Crippen molar-refractivity contribution in [3.05, 3.63) is 47.9 Å². The van der Waals surface area contributed by atoms with Gasteiger partial charge in [0.1, 0.15) is 23.7 Å². The number of carbonyl (C=O) groups is 2. The molecule has 0 unspecified atom stereocenters. The van der Waals surface area contributed by atoms with E-state index in [4.69, 9.17) is 10.00 Å². The minimum absolute atomic E-state index is 0.163. The summed E-state index contributed by atoms with van der Waals surface area (Å²) in [7, 11) is 1.32. The summed E-state index contributed by atoms with van der Waals surface area (Å²) in [6.07, 6.45) is 3.14. The molecule has 1 aliphatic rings. The lowest BCUT2D eigenvalue weighted by Crippen LogP contribution is -2.42. The second-order valence-electron chi connectivity index (χ2n) is 9.40. The molecule has 3 N–H and O–H groups in total. The maximum absolute atomic E-state index is 14.2. The van der Waals surface area contributed by atoms with Gasteiger partial charge >= 0.3 is 6.09 Å². The number of alkyl halides is 1. The summed E-state index contributed by atoms with van der Waals surface area (Å²) in [4.78, 5) is 35.3. The van der Waals surface area contributed by atoms with Crippen LogP contribution in [0, 0.1) is 11.3 Å². The number of ether oxygens (including phenoxy) is 1. The second-order valence-corrected chi connectivity index (χ2v) is 9.40. The van der Waals surface area contributed by atoms with E-state index in [0.29, 0.717) is 42.2 Å². The van der Waals surface area contributed by atoms with Gasteiger partial charge in [-0.15, -0.1) is 0 Å². The first-order chi connectivity index (χ1) is 17.6. The molecule has 4 heterocycles. The summed E-state index contributed by atoms with van der Waals surface area (Å²) in [6.45, 7) is 3.15. The third-order valence-corrected chi connectivity index (χ3v) is 6.23. The average molecular weight is 510 g/mol. The number of fused-ring (bicyclic) bond motifs is 1. The molecule has 0 radical (unpaired) electrons. The molecule has 1 aliphatic heterocycles. The van der Waals surface area contributed by atoms with Crippen LogP contribution in [0.5, 0.6) is 0 Å². The smallest absolute Gasteiger partial charge is 0.409 e. The Hall–Kier alpha value is -4.24. The number of methoxy groups -OCH3 is 1. The Balaban J connectivity index is 1.65. The van der Waals surface area contributed by atoms with Gasteiger partial charge in [-0.2, -0.15) is 5.26 Å². The van der Waals surface area contributed by atoms with E-state index in [2.05, 4.69) is 26.7 Å². The molecule has 194 valence electrons. The van der Waals surface area contributed by atoms with Gasteiger partial charge in [0, 0.05) is 49.2 Å². The molecule has 11 nitrogen and oxygen atoms in total. The number of nitrogens with zero attached hydrogens (tertiary/aromatic N) is 5. The first kappa shape index (κ1) is 25.8. The fraction of sp³-hybridized carbons (Fsp3) is 0.400. The highest BCUT2D eigenvalue weighted by atomic mass is 19.1. The monoisotopic (exact) mass is 509 g/mol. The number of hydrogen-bond donors (Lipinski definition) is 3. The number of likely N-dealkylation sites (tertiary alicyclic amines) is 1. The molecule has 37 heavy (non-hydrogen) atoms. The van der Waals surface area contributed by atoms with Crippen LogP contribution in [0.4, 0.5) is 14.9 Å². The highest BCUT2D eigenvalue weighted by Crippen LogP contribution is 2.25. The predicted molar refractivity (Wildman–Crippen MR) is 133 cm³/mol. The molecule has 1 fully saturated rings. The number of nitrogens with one attached hydrogen (secondary N) is 2. The Morgan fingerprint density at radius 3 is 2.84 bits per heavy atom. The largest absolute Gasteiger partial charge is 0.453 e. The minimum Gasteiger partial charge on any atom is -0.453 e. The van der Waals surface area contributed by atoms with Crippen LogP contribution in [0.1, 0.15) is 36.2 Å². The summed E-state index contributed by atoms with van der Waals surface area (Å²) in [5.74, 6) is -0.0978. The zero-order valence-electron chi connectivity index (χ0n) is 20.7. The van der Waals surface area contributed by atoms with Gasteiger partial charge in [0.05, 0.1) is 36.1 Å². The fourth-order valence-electron chi connectivity index (χ4n) is 4.07. The summed E-state index contributed by atoms with van der Waals surface area (Å²) >= 11 is 0. The minimum atomic E-state index is -1.67. The maximum Gasteiger partial charge on any atom is 0.409 e. The number of nitriles is 1. The molecule has 1 saturated heterocycles. The second kappa shape index (κ2) is 10.4. The number of aliphatic hydroxyl groups is 1. The van der Waals surface area contributed by atoms with Crippen molar-refractivity contribution in [1.82, 2.24) is 24.8 Å². The SMILES string of the molecule is COC(=O)N1CC[C@@H](Nc2cc(-n3ccc4cc(C#N)cnc43)ncc2C(=O)NC[C@@H](F)C(C)(C)O)C1. The molecular weight excluding hydrogens is 481 g/mol. The molecule has 2 amide bonds. The number of rotatable bonds is 7. The predicted octanol–water partition coefficient (Wildman–Crippen LogP) is 2.38. The van der Waals surface area contributed by atoms with Crippen LogP contribution in [-0.2, 0) is 4.74 Å². The molecule has 0 aromatic carbocycles. The number of amides is 2. The Morgan fingerprint density at radius 2 is 2.14 bits per heavy atom. The summed E-state index contributed by atoms with van der Waals surface area (Å²) in [5, 5.41) is 25.6. The van der Waals surface area contributed by atoms with E-state index < -0.39 is 23.8 Å². The van der Waals surface area contributed by atoms with Crippen LogP contribution in [0.15, 0.2) is 36.8 Å².